The Morgan fingerprint density at radius 2 is 1.69 bits per heavy atom. The molecule has 146 valence electrons. The van der Waals surface area contributed by atoms with Crippen LogP contribution in [-0.2, 0) is 9.73 Å². The number of hydrogen-bond acceptors (Lipinski definition) is 3. The second kappa shape index (κ2) is 8.38. The van der Waals surface area contributed by atoms with Crippen molar-refractivity contribution < 1.29 is 13.4 Å². The van der Waals surface area contributed by atoms with E-state index in [1.54, 1.807) is 37.3 Å². The second-order valence-corrected chi connectivity index (χ2v) is 8.95. The lowest BCUT2D eigenvalue weighted by Gasteiger charge is -2.04. The number of hydrogen-bond donors (Lipinski definition) is 0. The quantitative estimate of drug-likeness (QED) is 0.587. The smallest absolute Gasteiger partial charge is 0.266 e. The van der Waals surface area contributed by atoms with Crippen LogP contribution in [0, 0.1) is 31.5 Å². The Morgan fingerprint density at radius 1 is 1.00 bits per heavy atom. The molecule has 4 nitrogen and oxygen atoms in total. The maximum Gasteiger partial charge on any atom is 0.286 e. The van der Waals surface area contributed by atoms with Crippen LogP contribution in [0.15, 0.2) is 70.2 Å². The predicted octanol–water partition coefficient (Wildman–Crippen LogP) is 4.53. The van der Waals surface area contributed by atoms with Gasteiger partial charge in [-0.1, -0.05) is 29.5 Å². The standard InChI is InChI=1S/C23H19FN2O2S/c1-16-4-9-21(10-5-16)29(3,28)26-23(27)20-13-19(14-25-15-20)7-6-18-8-11-22(24)17(2)12-18/h4-5,8-15H,1-3H3. The molecule has 0 aliphatic rings. The summed E-state index contributed by atoms with van der Waals surface area (Å²) in [6, 6.07) is 13.2. The summed E-state index contributed by atoms with van der Waals surface area (Å²) >= 11 is 0. The average Bonchev–Trinajstić information content (AvgIpc) is 2.69. The van der Waals surface area contributed by atoms with Crippen molar-refractivity contribution in [1.29, 1.82) is 0 Å². The molecule has 1 heterocycles. The number of amides is 1. The number of aromatic nitrogens is 1. The Balaban J connectivity index is 1.88. The molecule has 29 heavy (non-hydrogen) atoms. The first kappa shape index (κ1) is 20.4. The van der Waals surface area contributed by atoms with Gasteiger partial charge in [-0.25, -0.2) is 8.60 Å². The van der Waals surface area contributed by atoms with Crippen LogP contribution in [0.3, 0.4) is 0 Å². The highest BCUT2D eigenvalue weighted by Crippen LogP contribution is 2.15. The van der Waals surface area contributed by atoms with Crippen LogP contribution in [-0.4, -0.2) is 21.4 Å². The fourth-order valence-corrected chi connectivity index (χ4v) is 3.71. The van der Waals surface area contributed by atoms with E-state index < -0.39 is 15.6 Å². The molecule has 0 fully saturated rings. The number of aryl methyl sites for hydroxylation is 2. The van der Waals surface area contributed by atoms with Gasteiger partial charge in [-0.3, -0.25) is 9.78 Å². The van der Waals surface area contributed by atoms with Gasteiger partial charge in [0.05, 0.1) is 15.3 Å². The maximum absolute atomic E-state index is 13.4. The summed E-state index contributed by atoms with van der Waals surface area (Å²) in [5.41, 5.74) is 2.90. The molecular formula is C23H19FN2O2S. The third kappa shape index (κ3) is 5.15. The summed E-state index contributed by atoms with van der Waals surface area (Å²) < 4.78 is 30.1. The van der Waals surface area contributed by atoms with Crippen molar-refractivity contribution in [3.05, 3.63) is 94.6 Å². The highest BCUT2D eigenvalue weighted by atomic mass is 32.2. The third-order valence-electron chi connectivity index (χ3n) is 4.21. The molecule has 1 amide bonds. The molecule has 1 atom stereocenters. The number of halogens is 1. The van der Waals surface area contributed by atoms with Crippen LogP contribution in [0.25, 0.3) is 0 Å². The van der Waals surface area contributed by atoms with Crippen LogP contribution in [0.4, 0.5) is 4.39 Å². The van der Waals surface area contributed by atoms with Gasteiger partial charge in [0.25, 0.3) is 5.91 Å². The largest absolute Gasteiger partial charge is 0.286 e. The van der Waals surface area contributed by atoms with E-state index in [1.807, 2.05) is 19.1 Å². The summed E-state index contributed by atoms with van der Waals surface area (Å²) in [6.45, 7) is 3.59. The minimum atomic E-state index is -2.88. The van der Waals surface area contributed by atoms with Gasteiger partial charge in [0.15, 0.2) is 0 Å². The van der Waals surface area contributed by atoms with E-state index in [4.69, 9.17) is 0 Å². The lowest BCUT2D eigenvalue weighted by atomic mass is 10.1. The molecule has 0 aliphatic carbocycles. The maximum atomic E-state index is 13.4. The topological polar surface area (TPSA) is 59.4 Å². The van der Waals surface area contributed by atoms with Crippen molar-refractivity contribution in [1.82, 2.24) is 4.98 Å². The molecule has 0 aliphatic heterocycles. The van der Waals surface area contributed by atoms with Gasteiger partial charge in [-0.2, -0.15) is 4.36 Å². The van der Waals surface area contributed by atoms with Crippen molar-refractivity contribution in [2.75, 3.05) is 6.26 Å². The lowest BCUT2D eigenvalue weighted by Crippen LogP contribution is -2.04. The SMILES string of the molecule is Cc1ccc(S(C)(=O)=NC(=O)c2cncc(C#Cc3ccc(F)c(C)c3)c2)cc1. The molecule has 0 spiro atoms. The zero-order chi connectivity index (χ0) is 21.0. The first-order valence-electron chi connectivity index (χ1n) is 8.81. The molecule has 3 rings (SSSR count). The molecule has 2 aromatic carbocycles. The van der Waals surface area contributed by atoms with E-state index in [0.717, 1.165) is 5.56 Å². The highest BCUT2D eigenvalue weighted by Gasteiger charge is 2.12. The monoisotopic (exact) mass is 406 g/mol. The van der Waals surface area contributed by atoms with E-state index in [1.165, 1.54) is 24.7 Å². The van der Waals surface area contributed by atoms with Gasteiger partial charge in [0.2, 0.25) is 0 Å². The van der Waals surface area contributed by atoms with Gasteiger partial charge in [0.1, 0.15) is 5.82 Å². The van der Waals surface area contributed by atoms with Crippen molar-refractivity contribution in [2.45, 2.75) is 18.7 Å². The zero-order valence-electron chi connectivity index (χ0n) is 16.3. The normalized spacial score (nSPS) is 12.4. The van der Waals surface area contributed by atoms with Crippen molar-refractivity contribution in [2.24, 2.45) is 4.36 Å². The average molecular weight is 406 g/mol. The Morgan fingerprint density at radius 3 is 2.38 bits per heavy atom. The van der Waals surface area contributed by atoms with Crippen molar-refractivity contribution in [3.63, 3.8) is 0 Å². The van der Waals surface area contributed by atoms with Crippen LogP contribution in [0.5, 0.6) is 0 Å². The number of carbonyl (C=O) groups is 1. The summed E-state index contributed by atoms with van der Waals surface area (Å²) in [5, 5.41) is 0. The minimum absolute atomic E-state index is 0.203. The minimum Gasteiger partial charge on any atom is -0.266 e. The van der Waals surface area contributed by atoms with E-state index in [9.17, 15) is 13.4 Å². The number of rotatable bonds is 2. The van der Waals surface area contributed by atoms with Crippen molar-refractivity contribution >= 4 is 15.6 Å². The number of carbonyl (C=O) groups excluding carboxylic acids is 1. The summed E-state index contributed by atoms with van der Waals surface area (Å²) in [7, 11) is -2.88. The van der Waals surface area contributed by atoms with Crippen molar-refractivity contribution in [3.8, 4) is 11.8 Å². The van der Waals surface area contributed by atoms with Gasteiger partial charge in [-0.15, -0.1) is 0 Å². The van der Waals surface area contributed by atoms with Gasteiger partial charge in [-0.05, 0) is 55.8 Å². The Labute approximate surface area is 170 Å². The first-order chi connectivity index (χ1) is 13.7. The summed E-state index contributed by atoms with van der Waals surface area (Å²) in [4.78, 5) is 17.1. The van der Waals surface area contributed by atoms with Gasteiger partial charge >= 0.3 is 0 Å². The third-order valence-corrected chi connectivity index (χ3v) is 5.87. The highest BCUT2D eigenvalue weighted by molar-refractivity contribution is 7.93. The predicted molar refractivity (Wildman–Crippen MR) is 112 cm³/mol. The lowest BCUT2D eigenvalue weighted by molar-refractivity contribution is 0.100. The molecule has 0 radical (unpaired) electrons. The first-order valence-corrected chi connectivity index (χ1v) is 10.7. The Kier molecular flexibility index (Phi) is 5.90. The van der Waals surface area contributed by atoms with Crippen LogP contribution in [0.2, 0.25) is 0 Å². The molecule has 1 aromatic heterocycles. The number of pyridine rings is 1. The van der Waals surface area contributed by atoms with E-state index >= 15 is 0 Å². The molecule has 0 N–H and O–H groups in total. The fourth-order valence-electron chi connectivity index (χ4n) is 2.55. The molecule has 0 bridgehead atoms. The molecule has 0 saturated heterocycles. The number of benzene rings is 2. The van der Waals surface area contributed by atoms with Gasteiger partial charge < -0.3 is 0 Å². The summed E-state index contributed by atoms with van der Waals surface area (Å²) in [6.07, 6.45) is 4.32. The van der Waals surface area contributed by atoms with Crippen LogP contribution in [0.1, 0.15) is 32.6 Å². The van der Waals surface area contributed by atoms with E-state index in [-0.39, 0.29) is 11.4 Å². The van der Waals surface area contributed by atoms with E-state index in [2.05, 4.69) is 21.2 Å². The van der Waals surface area contributed by atoms with E-state index in [0.29, 0.717) is 21.6 Å². The molecule has 3 aromatic rings. The number of nitrogens with zero attached hydrogens (tertiary/aromatic N) is 2. The Bertz CT molecular complexity index is 1260. The summed E-state index contributed by atoms with van der Waals surface area (Å²) in [5.74, 6) is 4.92. The molecule has 6 heteroatoms. The molecular weight excluding hydrogens is 387 g/mol. The zero-order valence-corrected chi connectivity index (χ0v) is 17.1. The second-order valence-electron chi connectivity index (χ2n) is 6.69. The van der Waals surface area contributed by atoms with Crippen LogP contribution >= 0.6 is 0 Å². The molecule has 0 saturated carbocycles. The Hall–Kier alpha value is -3.30. The molecule has 1 unspecified atom stereocenters. The van der Waals surface area contributed by atoms with Gasteiger partial charge in [0, 0.05) is 34.7 Å². The fraction of sp³-hybridized carbons (Fsp3) is 0.130. The van der Waals surface area contributed by atoms with Crippen LogP contribution < -0.4 is 0 Å².